The predicted molar refractivity (Wildman–Crippen MR) is 47.5 cm³/mol. The molecule has 1 N–H and O–H groups in total. The van der Waals surface area contributed by atoms with Crippen LogP contribution in [-0.4, -0.2) is 22.0 Å². The van der Waals surface area contributed by atoms with Gasteiger partial charge in [-0.25, -0.2) is 0 Å². The SMILES string of the molecule is COCc1nn(C)c(CO)c1Br. The van der Waals surface area contributed by atoms with Crippen LogP contribution in [0.15, 0.2) is 4.47 Å². The summed E-state index contributed by atoms with van der Waals surface area (Å²) in [6, 6.07) is 0. The monoisotopic (exact) mass is 234 g/mol. The first-order valence-corrected chi connectivity index (χ1v) is 4.30. The van der Waals surface area contributed by atoms with Crippen molar-refractivity contribution in [3.05, 3.63) is 15.9 Å². The highest BCUT2D eigenvalue weighted by Gasteiger charge is 2.11. The average Bonchev–Trinajstić information content (AvgIpc) is 2.29. The molecule has 0 fully saturated rings. The second kappa shape index (κ2) is 4.02. The summed E-state index contributed by atoms with van der Waals surface area (Å²) in [5.74, 6) is 0. The number of aliphatic hydroxyl groups is 1. The van der Waals surface area contributed by atoms with E-state index in [1.54, 1.807) is 18.8 Å². The van der Waals surface area contributed by atoms with E-state index in [4.69, 9.17) is 9.84 Å². The van der Waals surface area contributed by atoms with Crippen LogP contribution < -0.4 is 0 Å². The summed E-state index contributed by atoms with van der Waals surface area (Å²) in [6.45, 7) is 0.433. The predicted octanol–water partition coefficient (Wildman–Crippen LogP) is 0.821. The van der Waals surface area contributed by atoms with Gasteiger partial charge in [-0.15, -0.1) is 0 Å². The molecule has 0 saturated heterocycles. The molecule has 0 spiro atoms. The lowest BCUT2D eigenvalue weighted by atomic mass is 10.4. The van der Waals surface area contributed by atoms with Gasteiger partial charge in [-0.1, -0.05) is 0 Å². The summed E-state index contributed by atoms with van der Waals surface area (Å²) in [6.07, 6.45) is 0. The number of aryl methyl sites for hydroxylation is 1. The molecule has 0 radical (unpaired) electrons. The van der Waals surface area contributed by atoms with Crippen LogP contribution in [0.5, 0.6) is 0 Å². The molecule has 68 valence electrons. The first-order chi connectivity index (χ1) is 5.70. The second-order valence-corrected chi connectivity index (χ2v) is 3.22. The third kappa shape index (κ3) is 1.68. The Labute approximate surface area is 79.3 Å². The third-order valence-electron chi connectivity index (χ3n) is 1.60. The molecule has 0 aliphatic carbocycles. The molecule has 1 heterocycles. The quantitative estimate of drug-likeness (QED) is 0.843. The largest absolute Gasteiger partial charge is 0.390 e. The minimum absolute atomic E-state index is 0.0200. The molecule has 5 heteroatoms. The van der Waals surface area contributed by atoms with E-state index in [1.807, 2.05) is 0 Å². The fourth-order valence-corrected chi connectivity index (χ4v) is 1.57. The standard InChI is InChI=1S/C7H11BrN2O2/c1-10-6(3-11)7(8)5(9-10)4-12-2/h11H,3-4H2,1-2H3. The number of hydrogen-bond acceptors (Lipinski definition) is 3. The average molecular weight is 235 g/mol. The fraction of sp³-hybridized carbons (Fsp3) is 0.571. The van der Waals surface area contributed by atoms with Gasteiger partial charge in [0.25, 0.3) is 0 Å². The Morgan fingerprint density at radius 3 is 2.75 bits per heavy atom. The van der Waals surface area contributed by atoms with Crippen molar-refractivity contribution in [3.8, 4) is 0 Å². The maximum atomic E-state index is 8.95. The maximum Gasteiger partial charge on any atom is 0.103 e. The van der Waals surface area contributed by atoms with Crippen LogP contribution in [0.1, 0.15) is 11.4 Å². The highest BCUT2D eigenvalue weighted by atomic mass is 79.9. The first kappa shape index (κ1) is 9.70. The van der Waals surface area contributed by atoms with E-state index < -0.39 is 0 Å². The third-order valence-corrected chi connectivity index (χ3v) is 2.51. The number of ether oxygens (including phenoxy) is 1. The molecule has 0 aromatic carbocycles. The molecular weight excluding hydrogens is 224 g/mol. The summed E-state index contributed by atoms with van der Waals surface area (Å²) in [4.78, 5) is 0. The van der Waals surface area contributed by atoms with Crippen molar-refractivity contribution in [2.45, 2.75) is 13.2 Å². The van der Waals surface area contributed by atoms with Gasteiger partial charge in [0.1, 0.15) is 5.69 Å². The van der Waals surface area contributed by atoms with E-state index in [1.165, 1.54) is 0 Å². The van der Waals surface area contributed by atoms with Gasteiger partial charge in [0.2, 0.25) is 0 Å². The Hall–Kier alpha value is -0.390. The fourth-order valence-electron chi connectivity index (χ4n) is 0.995. The van der Waals surface area contributed by atoms with Crippen LogP contribution in [0.2, 0.25) is 0 Å². The maximum absolute atomic E-state index is 8.95. The number of rotatable bonds is 3. The van der Waals surface area contributed by atoms with Crippen LogP contribution in [0, 0.1) is 0 Å². The first-order valence-electron chi connectivity index (χ1n) is 3.50. The van der Waals surface area contributed by atoms with Gasteiger partial charge < -0.3 is 9.84 Å². The Morgan fingerprint density at radius 1 is 1.67 bits per heavy atom. The Balaban J connectivity index is 3.00. The lowest BCUT2D eigenvalue weighted by Crippen LogP contribution is -1.97. The van der Waals surface area contributed by atoms with Gasteiger partial charge in [-0.2, -0.15) is 5.10 Å². The van der Waals surface area contributed by atoms with Crippen molar-refractivity contribution < 1.29 is 9.84 Å². The smallest absolute Gasteiger partial charge is 0.103 e. The van der Waals surface area contributed by atoms with E-state index in [0.29, 0.717) is 6.61 Å². The molecule has 0 unspecified atom stereocenters. The summed E-state index contributed by atoms with van der Waals surface area (Å²) in [7, 11) is 3.40. The molecule has 0 aliphatic heterocycles. The van der Waals surface area contributed by atoms with Gasteiger partial charge in [0.05, 0.1) is 23.4 Å². The highest BCUT2D eigenvalue weighted by molar-refractivity contribution is 9.10. The van der Waals surface area contributed by atoms with Gasteiger partial charge >= 0.3 is 0 Å². The summed E-state index contributed by atoms with van der Waals surface area (Å²) < 4.78 is 7.40. The van der Waals surface area contributed by atoms with E-state index in [2.05, 4.69) is 21.0 Å². The molecule has 1 aromatic heterocycles. The van der Waals surface area contributed by atoms with Crippen LogP contribution in [0.4, 0.5) is 0 Å². The Bertz CT molecular complexity index is 273. The topological polar surface area (TPSA) is 47.3 Å². The summed E-state index contributed by atoms with van der Waals surface area (Å²) in [5, 5.41) is 13.1. The van der Waals surface area contributed by atoms with Crippen molar-refractivity contribution in [1.29, 1.82) is 0 Å². The minimum atomic E-state index is -0.0200. The van der Waals surface area contributed by atoms with E-state index in [-0.39, 0.29) is 6.61 Å². The number of halogens is 1. The van der Waals surface area contributed by atoms with Gasteiger partial charge in [-0.3, -0.25) is 4.68 Å². The van der Waals surface area contributed by atoms with Crippen molar-refractivity contribution >= 4 is 15.9 Å². The molecule has 0 aliphatic rings. The van der Waals surface area contributed by atoms with E-state index in [9.17, 15) is 0 Å². The molecular formula is C7H11BrN2O2. The van der Waals surface area contributed by atoms with Gasteiger partial charge in [-0.05, 0) is 15.9 Å². The Morgan fingerprint density at radius 2 is 2.33 bits per heavy atom. The summed E-state index contributed by atoms with van der Waals surface area (Å²) >= 11 is 3.34. The summed E-state index contributed by atoms with van der Waals surface area (Å²) in [5.41, 5.74) is 1.58. The zero-order chi connectivity index (χ0) is 9.14. The minimum Gasteiger partial charge on any atom is -0.390 e. The molecule has 0 atom stereocenters. The van der Waals surface area contributed by atoms with Crippen LogP contribution in [0.3, 0.4) is 0 Å². The van der Waals surface area contributed by atoms with Crippen molar-refractivity contribution in [3.63, 3.8) is 0 Å². The van der Waals surface area contributed by atoms with Gasteiger partial charge in [0, 0.05) is 14.2 Å². The molecule has 0 amide bonds. The van der Waals surface area contributed by atoms with Crippen molar-refractivity contribution in [1.82, 2.24) is 9.78 Å². The van der Waals surface area contributed by atoms with Crippen LogP contribution >= 0.6 is 15.9 Å². The van der Waals surface area contributed by atoms with Crippen LogP contribution in [-0.2, 0) is 25.0 Å². The Kier molecular flexibility index (Phi) is 3.25. The number of hydrogen-bond donors (Lipinski definition) is 1. The molecule has 0 saturated carbocycles. The van der Waals surface area contributed by atoms with Crippen LogP contribution in [0.25, 0.3) is 0 Å². The van der Waals surface area contributed by atoms with Crippen molar-refractivity contribution in [2.75, 3.05) is 7.11 Å². The number of aliphatic hydroxyl groups excluding tert-OH is 1. The normalized spacial score (nSPS) is 10.7. The molecule has 0 bridgehead atoms. The molecule has 12 heavy (non-hydrogen) atoms. The lowest BCUT2D eigenvalue weighted by Gasteiger charge is -1.95. The number of aromatic nitrogens is 2. The molecule has 4 nitrogen and oxygen atoms in total. The van der Waals surface area contributed by atoms with Gasteiger partial charge in [0.15, 0.2) is 0 Å². The van der Waals surface area contributed by atoms with Crippen molar-refractivity contribution in [2.24, 2.45) is 7.05 Å². The number of methoxy groups -OCH3 is 1. The zero-order valence-corrected chi connectivity index (χ0v) is 8.63. The highest BCUT2D eigenvalue weighted by Crippen LogP contribution is 2.21. The van der Waals surface area contributed by atoms with E-state index >= 15 is 0 Å². The molecule has 1 rings (SSSR count). The second-order valence-electron chi connectivity index (χ2n) is 2.42. The van der Waals surface area contributed by atoms with E-state index in [0.717, 1.165) is 15.9 Å². The molecule has 1 aromatic rings. The zero-order valence-electron chi connectivity index (χ0n) is 7.04. The number of nitrogens with zero attached hydrogens (tertiary/aromatic N) is 2. The lowest BCUT2D eigenvalue weighted by molar-refractivity contribution is 0.180.